The van der Waals surface area contributed by atoms with Crippen LogP contribution in [-0.4, -0.2) is 20.9 Å². The molecule has 0 atom stereocenters. The molecule has 0 radical (unpaired) electrons. The first-order chi connectivity index (χ1) is 14.5. The highest BCUT2D eigenvalue weighted by Gasteiger charge is 2.12. The van der Waals surface area contributed by atoms with Gasteiger partial charge in [-0.15, -0.1) is 11.3 Å². The molecular formula is C22H19ClN4O2S. The van der Waals surface area contributed by atoms with Gasteiger partial charge in [0, 0.05) is 28.3 Å². The van der Waals surface area contributed by atoms with E-state index in [0.29, 0.717) is 46.1 Å². The third kappa shape index (κ3) is 4.58. The van der Waals surface area contributed by atoms with E-state index in [9.17, 15) is 9.59 Å². The SMILES string of the molecule is Cc1sc(NC(=O)CCCc2nc3ccccc3c(=O)[nH]2)nc1-c1ccc(Cl)cc1. The summed E-state index contributed by atoms with van der Waals surface area (Å²) in [5, 5.41) is 4.66. The van der Waals surface area contributed by atoms with E-state index in [1.54, 1.807) is 6.07 Å². The summed E-state index contributed by atoms with van der Waals surface area (Å²) in [7, 11) is 0. The number of aryl methyl sites for hydroxylation is 2. The summed E-state index contributed by atoms with van der Waals surface area (Å²) < 4.78 is 0. The Kier molecular flexibility index (Phi) is 5.92. The van der Waals surface area contributed by atoms with Crippen LogP contribution in [0.3, 0.4) is 0 Å². The van der Waals surface area contributed by atoms with Crippen LogP contribution in [0.25, 0.3) is 22.2 Å². The lowest BCUT2D eigenvalue weighted by Crippen LogP contribution is -2.14. The third-order valence-electron chi connectivity index (χ3n) is 4.64. The van der Waals surface area contributed by atoms with Crippen LogP contribution >= 0.6 is 22.9 Å². The van der Waals surface area contributed by atoms with E-state index in [1.165, 1.54) is 11.3 Å². The lowest BCUT2D eigenvalue weighted by molar-refractivity contribution is -0.116. The number of carbonyl (C=O) groups is 1. The fraction of sp³-hybridized carbons (Fsp3) is 0.182. The lowest BCUT2D eigenvalue weighted by Gasteiger charge is -2.04. The Morgan fingerprint density at radius 2 is 1.90 bits per heavy atom. The maximum atomic E-state index is 12.3. The predicted molar refractivity (Wildman–Crippen MR) is 121 cm³/mol. The number of para-hydroxylation sites is 1. The van der Waals surface area contributed by atoms with Gasteiger partial charge in [-0.05, 0) is 37.6 Å². The number of hydrogen-bond donors (Lipinski definition) is 2. The zero-order chi connectivity index (χ0) is 21.1. The Hall–Kier alpha value is -3.03. The van der Waals surface area contributed by atoms with E-state index in [1.807, 2.05) is 49.4 Å². The minimum atomic E-state index is -0.159. The number of H-pyrrole nitrogens is 1. The first kappa shape index (κ1) is 20.3. The predicted octanol–water partition coefficient (Wildman–Crippen LogP) is 4.97. The molecule has 1 amide bonds. The van der Waals surface area contributed by atoms with Gasteiger partial charge in [-0.1, -0.05) is 35.9 Å². The Morgan fingerprint density at radius 1 is 1.13 bits per heavy atom. The Bertz CT molecular complexity index is 1260. The fourth-order valence-electron chi connectivity index (χ4n) is 3.18. The molecule has 2 aromatic heterocycles. The number of halogens is 1. The van der Waals surface area contributed by atoms with Crippen LogP contribution in [0.5, 0.6) is 0 Å². The smallest absolute Gasteiger partial charge is 0.258 e. The zero-order valence-electron chi connectivity index (χ0n) is 16.2. The van der Waals surface area contributed by atoms with Gasteiger partial charge in [0.15, 0.2) is 5.13 Å². The molecular weight excluding hydrogens is 420 g/mol. The molecule has 0 bridgehead atoms. The minimum absolute atomic E-state index is 0.116. The van der Waals surface area contributed by atoms with E-state index in [2.05, 4.69) is 20.3 Å². The second-order valence-corrected chi connectivity index (χ2v) is 8.50. The van der Waals surface area contributed by atoms with E-state index in [0.717, 1.165) is 16.1 Å². The number of nitrogens with zero attached hydrogens (tertiary/aromatic N) is 2. The highest BCUT2D eigenvalue weighted by atomic mass is 35.5. The summed E-state index contributed by atoms with van der Waals surface area (Å²) >= 11 is 7.38. The number of carbonyl (C=O) groups excluding carboxylic acids is 1. The molecule has 152 valence electrons. The molecule has 0 spiro atoms. The first-order valence-electron chi connectivity index (χ1n) is 9.51. The average Bonchev–Trinajstić information content (AvgIpc) is 3.08. The monoisotopic (exact) mass is 438 g/mol. The van der Waals surface area contributed by atoms with Gasteiger partial charge < -0.3 is 10.3 Å². The molecule has 2 N–H and O–H groups in total. The van der Waals surface area contributed by atoms with Crippen LogP contribution in [0, 0.1) is 6.92 Å². The molecule has 0 saturated carbocycles. The third-order valence-corrected chi connectivity index (χ3v) is 5.78. The van der Waals surface area contributed by atoms with Crippen molar-refractivity contribution in [3.63, 3.8) is 0 Å². The number of aromatic nitrogens is 3. The summed E-state index contributed by atoms with van der Waals surface area (Å²) in [6.07, 6.45) is 1.40. The molecule has 4 rings (SSSR count). The number of fused-ring (bicyclic) bond motifs is 1. The first-order valence-corrected chi connectivity index (χ1v) is 10.7. The van der Waals surface area contributed by atoms with Gasteiger partial charge in [-0.25, -0.2) is 9.97 Å². The molecule has 0 aliphatic carbocycles. The summed E-state index contributed by atoms with van der Waals surface area (Å²) in [6.45, 7) is 1.97. The number of rotatable bonds is 6. The van der Waals surface area contributed by atoms with Gasteiger partial charge in [0.05, 0.1) is 16.6 Å². The molecule has 2 aromatic carbocycles. The standard InChI is InChI=1S/C22H19ClN4O2S/c1-13-20(14-9-11-15(23)12-10-14)27-22(30-13)26-19(28)8-4-7-18-24-17-6-3-2-5-16(17)21(29)25-18/h2-3,5-6,9-12H,4,7-8H2,1H3,(H,24,25,29)(H,26,27,28). The molecule has 6 nitrogen and oxygen atoms in total. The van der Waals surface area contributed by atoms with Gasteiger partial charge in [-0.3, -0.25) is 9.59 Å². The van der Waals surface area contributed by atoms with Crippen molar-refractivity contribution in [3.05, 3.63) is 74.6 Å². The second-order valence-electron chi connectivity index (χ2n) is 6.86. The number of amides is 1. The van der Waals surface area contributed by atoms with E-state index < -0.39 is 0 Å². The van der Waals surface area contributed by atoms with Crippen molar-refractivity contribution < 1.29 is 4.79 Å². The van der Waals surface area contributed by atoms with Crippen molar-refractivity contribution >= 4 is 44.9 Å². The number of benzene rings is 2. The Morgan fingerprint density at radius 3 is 2.70 bits per heavy atom. The quantitative estimate of drug-likeness (QED) is 0.445. The highest BCUT2D eigenvalue weighted by molar-refractivity contribution is 7.16. The number of nitrogens with one attached hydrogen (secondary N) is 2. The van der Waals surface area contributed by atoms with Gasteiger partial charge in [0.25, 0.3) is 5.56 Å². The van der Waals surface area contributed by atoms with Crippen LogP contribution < -0.4 is 10.9 Å². The van der Waals surface area contributed by atoms with Crippen LogP contribution in [0.4, 0.5) is 5.13 Å². The van der Waals surface area contributed by atoms with Gasteiger partial charge in [-0.2, -0.15) is 0 Å². The number of thiazole rings is 1. The van der Waals surface area contributed by atoms with Crippen LogP contribution in [0.15, 0.2) is 53.3 Å². The lowest BCUT2D eigenvalue weighted by atomic mass is 10.1. The van der Waals surface area contributed by atoms with Crippen LogP contribution in [0.1, 0.15) is 23.5 Å². The Labute approximate surface area is 182 Å². The normalized spacial score (nSPS) is 11.0. The summed E-state index contributed by atoms with van der Waals surface area (Å²) in [4.78, 5) is 37.3. The second kappa shape index (κ2) is 8.77. The zero-order valence-corrected chi connectivity index (χ0v) is 17.8. The van der Waals surface area contributed by atoms with Crippen LogP contribution in [0.2, 0.25) is 5.02 Å². The van der Waals surface area contributed by atoms with Crippen molar-refractivity contribution in [2.75, 3.05) is 5.32 Å². The largest absolute Gasteiger partial charge is 0.310 e. The van der Waals surface area contributed by atoms with Crippen LogP contribution in [-0.2, 0) is 11.2 Å². The minimum Gasteiger partial charge on any atom is -0.310 e. The fourth-order valence-corrected chi connectivity index (χ4v) is 4.15. The van der Waals surface area contributed by atoms with Crippen molar-refractivity contribution in [1.82, 2.24) is 15.0 Å². The van der Waals surface area contributed by atoms with Crippen molar-refractivity contribution in [1.29, 1.82) is 0 Å². The Balaban J connectivity index is 1.36. The molecule has 0 aliphatic heterocycles. The van der Waals surface area contributed by atoms with Crippen molar-refractivity contribution in [2.45, 2.75) is 26.2 Å². The van der Waals surface area contributed by atoms with Crippen molar-refractivity contribution in [3.8, 4) is 11.3 Å². The van der Waals surface area contributed by atoms with E-state index >= 15 is 0 Å². The highest BCUT2D eigenvalue weighted by Crippen LogP contribution is 2.31. The molecule has 0 unspecified atom stereocenters. The van der Waals surface area contributed by atoms with Gasteiger partial charge in [0.2, 0.25) is 5.91 Å². The van der Waals surface area contributed by atoms with Gasteiger partial charge in [0.1, 0.15) is 5.82 Å². The summed E-state index contributed by atoms with van der Waals surface area (Å²) in [5.41, 5.74) is 2.30. The topological polar surface area (TPSA) is 87.7 Å². The molecule has 0 aliphatic rings. The van der Waals surface area contributed by atoms with E-state index in [4.69, 9.17) is 11.6 Å². The average molecular weight is 439 g/mol. The molecule has 0 saturated heterocycles. The summed E-state index contributed by atoms with van der Waals surface area (Å²) in [5.74, 6) is 0.469. The molecule has 4 aromatic rings. The molecule has 30 heavy (non-hydrogen) atoms. The van der Waals surface area contributed by atoms with Crippen molar-refractivity contribution in [2.24, 2.45) is 0 Å². The molecule has 8 heteroatoms. The number of anilines is 1. The molecule has 2 heterocycles. The van der Waals surface area contributed by atoms with Gasteiger partial charge >= 0.3 is 0 Å². The maximum Gasteiger partial charge on any atom is 0.258 e. The summed E-state index contributed by atoms with van der Waals surface area (Å²) in [6, 6.07) is 14.7. The van der Waals surface area contributed by atoms with E-state index in [-0.39, 0.29) is 11.5 Å². The number of aromatic amines is 1. The number of hydrogen-bond acceptors (Lipinski definition) is 5. The maximum absolute atomic E-state index is 12.3. The molecule has 0 fully saturated rings.